The van der Waals surface area contributed by atoms with E-state index in [-0.39, 0.29) is 25.2 Å². The number of aliphatic hydroxyl groups excluding tert-OH is 1. The molecule has 0 radical (unpaired) electrons. The predicted molar refractivity (Wildman–Crippen MR) is 260 cm³/mol. The first kappa shape index (κ1) is 56.8. The van der Waals surface area contributed by atoms with Gasteiger partial charge in [0.2, 0.25) is 0 Å². The Morgan fingerprint density at radius 3 is 1.08 bits per heavy atom. The summed E-state index contributed by atoms with van der Waals surface area (Å²) in [5.41, 5.74) is 0. The maximum Gasteiger partial charge on any atom is 0.306 e. The first-order chi connectivity index (χ1) is 29.6. The molecule has 1 unspecified atom stereocenters. The lowest BCUT2D eigenvalue weighted by atomic mass is 10.0. The minimum atomic E-state index is -0.769. The summed E-state index contributed by atoms with van der Waals surface area (Å²) in [5.74, 6) is -0.605. The van der Waals surface area contributed by atoms with Gasteiger partial charge in [-0.1, -0.05) is 227 Å². The molecule has 60 heavy (non-hydrogen) atoms. The number of unbranched alkanes of at least 4 members (excludes halogenated alkanes) is 20. The van der Waals surface area contributed by atoms with Crippen molar-refractivity contribution in [3.63, 3.8) is 0 Å². The highest BCUT2D eigenvalue weighted by Gasteiger charge is 2.16. The fraction of sp³-hybridized carbons (Fsp3) is 0.673. The third-order valence-corrected chi connectivity index (χ3v) is 10.4. The maximum atomic E-state index is 12.1. The summed E-state index contributed by atoms with van der Waals surface area (Å²) in [6.07, 6.45) is 71.3. The number of esters is 2. The van der Waals surface area contributed by atoms with Crippen molar-refractivity contribution < 1.29 is 24.2 Å². The number of carbonyl (C=O) groups is 2. The number of hydrogen-bond acceptors (Lipinski definition) is 5. The molecule has 5 heteroatoms. The molecule has 0 aliphatic heterocycles. The second kappa shape index (κ2) is 50.2. The van der Waals surface area contributed by atoms with Gasteiger partial charge in [0.1, 0.15) is 6.61 Å². The molecule has 0 aromatic heterocycles. The average Bonchev–Trinajstić information content (AvgIpc) is 3.25. The number of aliphatic hydroxyl groups is 1. The van der Waals surface area contributed by atoms with E-state index < -0.39 is 6.10 Å². The molecule has 5 nitrogen and oxygen atoms in total. The van der Waals surface area contributed by atoms with Crippen LogP contribution in [-0.2, 0) is 19.1 Å². The molecule has 1 N–H and O–H groups in total. The molecule has 0 rings (SSSR count). The Balaban J connectivity index is 3.46. The van der Waals surface area contributed by atoms with E-state index in [9.17, 15) is 14.7 Å². The second-order valence-corrected chi connectivity index (χ2v) is 16.2. The molecule has 342 valence electrons. The first-order valence-electron chi connectivity index (χ1n) is 24.8. The van der Waals surface area contributed by atoms with Crippen molar-refractivity contribution in [3.8, 4) is 0 Å². The lowest BCUT2D eigenvalue weighted by Crippen LogP contribution is -2.28. The minimum Gasteiger partial charge on any atom is -0.462 e. The summed E-state index contributed by atoms with van der Waals surface area (Å²) in [7, 11) is 0. The third-order valence-electron chi connectivity index (χ3n) is 10.4. The first-order valence-corrected chi connectivity index (χ1v) is 24.8. The Bertz CT molecular complexity index is 1170. The van der Waals surface area contributed by atoms with Crippen molar-refractivity contribution in [2.45, 2.75) is 225 Å². The molecular weight excluding hydrogens is 741 g/mol. The topological polar surface area (TPSA) is 72.8 Å². The SMILES string of the molecule is CC/C=C\C/C=C\C/C=C\C/C=C\C/C=C\C/C=C\C/C=C\C/C=C\CCCCCCCCCCCCCCCCCCC(=O)OC(CO)COC(=O)CCCCCCC. The van der Waals surface area contributed by atoms with Crippen molar-refractivity contribution in [1.82, 2.24) is 0 Å². The Kier molecular flexibility index (Phi) is 47.5. The highest BCUT2D eigenvalue weighted by atomic mass is 16.6. The normalized spacial score (nSPS) is 13.1. The highest BCUT2D eigenvalue weighted by molar-refractivity contribution is 5.70. The van der Waals surface area contributed by atoms with Gasteiger partial charge >= 0.3 is 11.9 Å². The number of ether oxygens (including phenoxy) is 2. The van der Waals surface area contributed by atoms with Crippen LogP contribution in [0.15, 0.2) is 97.2 Å². The molecule has 0 fully saturated rings. The van der Waals surface area contributed by atoms with Gasteiger partial charge in [0.25, 0.3) is 0 Å². The quantitative estimate of drug-likeness (QED) is 0.0376. The van der Waals surface area contributed by atoms with Crippen LogP contribution in [0.3, 0.4) is 0 Å². The van der Waals surface area contributed by atoms with Crippen LogP contribution in [0.1, 0.15) is 219 Å². The van der Waals surface area contributed by atoms with E-state index in [1.54, 1.807) is 0 Å². The van der Waals surface area contributed by atoms with Crippen molar-refractivity contribution in [2.75, 3.05) is 13.2 Å². The number of allylic oxidation sites excluding steroid dienone is 16. The predicted octanol–water partition coefficient (Wildman–Crippen LogP) is 16.4. The Morgan fingerprint density at radius 1 is 0.400 bits per heavy atom. The van der Waals surface area contributed by atoms with Gasteiger partial charge in [-0.3, -0.25) is 9.59 Å². The average molecular weight is 833 g/mol. The van der Waals surface area contributed by atoms with Gasteiger partial charge < -0.3 is 14.6 Å². The van der Waals surface area contributed by atoms with Crippen LogP contribution in [0, 0.1) is 0 Å². The zero-order valence-electron chi connectivity index (χ0n) is 38.9. The van der Waals surface area contributed by atoms with Gasteiger partial charge in [-0.15, -0.1) is 0 Å². The van der Waals surface area contributed by atoms with Crippen LogP contribution < -0.4 is 0 Å². The number of rotatable bonds is 44. The van der Waals surface area contributed by atoms with E-state index >= 15 is 0 Å². The molecule has 0 aliphatic rings. The Labute approximate surface area is 370 Å². The molecule has 0 aromatic rings. The van der Waals surface area contributed by atoms with E-state index in [2.05, 4.69) is 111 Å². The summed E-state index contributed by atoms with van der Waals surface area (Å²) in [6, 6.07) is 0. The summed E-state index contributed by atoms with van der Waals surface area (Å²) in [5, 5.41) is 9.50. The van der Waals surface area contributed by atoms with Crippen LogP contribution in [0.25, 0.3) is 0 Å². The van der Waals surface area contributed by atoms with Crippen LogP contribution >= 0.6 is 0 Å². The molecule has 0 saturated heterocycles. The molecule has 0 spiro atoms. The molecule has 0 aliphatic carbocycles. The van der Waals surface area contributed by atoms with E-state index in [1.165, 1.54) is 103 Å². The molecule has 0 amide bonds. The molecule has 0 saturated carbocycles. The smallest absolute Gasteiger partial charge is 0.306 e. The molecule has 0 bridgehead atoms. The monoisotopic (exact) mass is 833 g/mol. The Morgan fingerprint density at radius 2 is 0.717 bits per heavy atom. The molecular formula is C55H92O5. The largest absolute Gasteiger partial charge is 0.462 e. The van der Waals surface area contributed by atoms with Gasteiger partial charge in [0.05, 0.1) is 6.61 Å². The molecule has 0 aromatic carbocycles. The second-order valence-electron chi connectivity index (χ2n) is 16.2. The van der Waals surface area contributed by atoms with Crippen molar-refractivity contribution >= 4 is 11.9 Å². The lowest BCUT2D eigenvalue weighted by molar-refractivity contribution is -0.161. The van der Waals surface area contributed by atoms with Gasteiger partial charge in [-0.2, -0.15) is 0 Å². The fourth-order valence-corrected chi connectivity index (χ4v) is 6.69. The van der Waals surface area contributed by atoms with E-state index in [0.29, 0.717) is 12.8 Å². The fourth-order valence-electron chi connectivity index (χ4n) is 6.69. The Hall–Kier alpha value is -3.18. The molecule has 1 atom stereocenters. The highest BCUT2D eigenvalue weighted by Crippen LogP contribution is 2.15. The third kappa shape index (κ3) is 47.5. The standard InChI is InChI=1S/C55H92O5/c1-3-5-7-9-10-11-12-13-14-15-16-17-18-19-20-21-22-23-24-25-26-27-28-29-30-31-32-33-34-35-36-37-38-39-40-41-42-43-44-46-48-50-55(58)60-53(51-56)52-59-54(57)49-47-45-8-6-4-2/h5,7,10-11,13-14,16-17,19-20,22-23,25-26,28-29,53,56H,3-4,6,8-9,12,15,18,21,24,27,30-52H2,1-2H3/b7-5-,11-10-,14-13-,17-16-,20-19-,23-22-,26-25-,29-28-. The summed E-state index contributed by atoms with van der Waals surface area (Å²) >= 11 is 0. The summed E-state index contributed by atoms with van der Waals surface area (Å²) in [4.78, 5) is 24.0. The van der Waals surface area contributed by atoms with Gasteiger partial charge in [0.15, 0.2) is 6.10 Å². The van der Waals surface area contributed by atoms with Gasteiger partial charge in [-0.25, -0.2) is 0 Å². The van der Waals surface area contributed by atoms with Crippen LogP contribution in [0.5, 0.6) is 0 Å². The van der Waals surface area contributed by atoms with E-state index in [1.807, 2.05) is 0 Å². The van der Waals surface area contributed by atoms with Crippen molar-refractivity contribution in [3.05, 3.63) is 97.2 Å². The van der Waals surface area contributed by atoms with Crippen LogP contribution in [-0.4, -0.2) is 36.4 Å². The minimum absolute atomic E-state index is 0.0676. The van der Waals surface area contributed by atoms with Crippen molar-refractivity contribution in [2.24, 2.45) is 0 Å². The number of carbonyl (C=O) groups excluding carboxylic acids is 2. The molecule has 0 heterocycles. The van der Waals surface area contributed by atoms with Crippen molar-refractivity contribution in [1.29, 1.82) is 0 Å². The summed E-state index contributed by atoms with van der Waals surface area (Å²) in [6.45, 7) is 3.93. The van der Waals surface area contributed by atoms with Gasteiger partial charge in [0, 0.05) is 12.8 Å². The number of hydrogen-bond donors (Lipinski definition) is 1. The van der Waals surface area contributed by atoms with Gasteiger partial charge in [-0.05, 0) is 77.0 Å². The van der Waals surface area contributed by atoms with E-state index in [4.69, 9.17) is 9.47 Å². The zero-order chi connectivity index (χ0) is 43.5. The lowest BCUT2D eigenvalue weighted by Gasteiger charge is -2.15. The maximum absolute atomic E-state index is 12.1. The van der Waals surface area contributed by atoms with Crippen LogP contribution in [0.2, 0.25) is 0 Å². The van der Waals surface area contributed by atoms with E-state index in [0.717, 1.165) is 89.9 Å². The zero-order valence-corrected chi connectivity index (χ0v) is 38.9. The summed E-state index contributed by atoms with van der Waals surface area (Å²) < 4.78 is 10.5. The van der Waals surface area contributed by atoms with Crippen LogP contribution in [0.4, 0.5) is 0 Å².